The first-order valence-electron chi connectivity index (χ1n) is 8.73. The first-order valence-corrected chi connectivity index (χ1v) is 8.73. The van der Waals surface area contributed by atoms with Crippen LogP contribution in [-0.2, 0) is 6.54 Å². The zero-order chi connectivity index (χ0) is 14.5. The summed E-state index contributed by atoms with van der Waals surface area (Å²) >= 11 is 0. The molecule has 1 saturated carbocycles. The van der Waals surface area contributed by atoms with Gasteiger partial charge in [0.2, 0.25) is 0 Å². The molecule has 1 saturated heterocycles. The van der Waals surface area contributed by atoms with E-state index < -0.39 is 0 Å². The lowest BCUT2D eigenvalue weighted by molar-refractivity contribution is 0.171. The molecule has 0 radical (unpaired) electrons. The Labute approximate surface area is 129 Å². The van der Waals surface area contributed by atoms with Gasteiger partial charge in [-0.05, 0) is 43.2 Å². The number of hydrogen-bond acceptors (Lipinski definition) is 2. The summed E-state index contributed by atoms with van der Waals surface area (Å²) in [6.07, 6.45) is 8.38. The lowest BCUT2D eigenvalue weighted by Gasteiger charge is -2.35. The third-order valence-electron chi connectivity index (χ3n) is 5.38. The SMILES string of the molecule is CC1(CNC2CCCN(Cc3ccccc3)C2)CCCC1. The highest BCUT2D eigenvalue weighted by Crippen LogP contribution is 2.36. The topological polar surface area (TPSA) is 15.3 Å². The molecule has 1 unspecified atom stereocenters. The van der Waals surface area contributed by atoms with E-state index in [1.54, 1.807) is 0 Å². The van der Waals surface area contributed by atoms with E-state index in [-0.39, 0.29) is 0 Å². The molecule has 1 atom stereocenters. The summed E-state index contributed by atoms with van der Waals surface area (Å²) in [6, 6.07) is 11.6. The number of hydrogen-bond donors (Lipinski definition) is 1. The normalized spacial score (nSPS) is 26.0. The highest BCUT2D eigenvalue weighted by atomic mass is 15.2. The molecule has 1 heterocycles. The third kappa shape index (κ3) is 4.31. The molecule has 1 N–H and O–H groups in total. The maximum Gasteiger partial charge on any atom is 0.0234 e. The van der Waals surface area contributed by atoms with Gasteiger partial charge < -0.3 is 5.32 Å². The molecular weight excluding hydrogens is 256 g/mol. The van der Waals surface area contributed by atoms with Crippen molar-refractivity contribution in [1.82, 2.24) is 10.2 Å². The third-order valence-corrected chi connectivity index (χ3v) is 5.38. The molecule has 2 nitrogen and oxygen atoms in total. The highest BCUT2D eigenvalue weighted by Gasteiger charge is 2.29. The van der Waals surface area contributed by atoms with Crippen LogP contribution in [0.3, 0.4) is 0 Å². The van der Waals surface area contributed by atoms with Crippen LogP contribution in [0.25, 0.3) is 0 Å². The van der Waals surface area contributed by atoms with Gasteiger partial charge in [0, 0.05) is 25.7 Å². The minimum absolute atomic E-state index is 0.571. The van der Waals surface area contributed by atoms with Crippen molar-refractivity contribution in [2.45, 2.75) is 58.0 Å². The second kappa shape index (κ2) is 6.93. The fourth-order valence-electron chi connectivity index (χ4n) is 4.00. The molecule has 1 aliphatic carbocycles. The Morgan fingerprint density at radius 1 is 1.14 bits per heavy atom. The van der Waals surface area contributed by atoms with Gasteiger partial charge >= 0.3 is 0 Å². The molecule has 0 amide bonds. The van der Waals surface area contributed by atoms with Crippen molar-refractivity contribution in [1.29, 1.82) is 0 Å². The van der Waals surface area contributed by atoms with E-state index in [9.17, 15) is 0 Å². The van der Waals surface area contributed by atoms with Crippen molar-refractivity contribution >= 4 is 0 Å². The molecule has 0 aromatic heterocycles. The Morgan fingerprint density at radius 3 is 2.67 bits per heavy atom. The van der Waals surface area contributed by atoms with Crippen molar-refractivity contribution < 1.29 is 0 Å². The minimum Gasteiger partial charge on any atom is -0.312 e. The molecule has 21 heavy (non-hydrogen) atoms. The van der Waals surface area contributed by atoms with Crippen LogP contribution in [0.15, 0.2) is 30.3 Å². The summed E-state index contributed by atoms with van der Waals surface area (Å²) in [5, 5.41) is 3.88. The summed E-state index contributed by atoms with van der Waals surface area (Å²) in [6.45, 7) is 7.26. The molecule has 1 aromatic carbocycles. The standard InChI is InChI=1S/C19H30N2/c1-19(11-5-6-12-19)16-20-18-10-7-13-21(15-18)14-17-8-3-2-4-9-17/h2-4,8-9,18,20H,5-7,10-16H2,1H3. The fourth-order valence-corrected chi connectivity index (χ4v) is 4.00. The summed E-state index contributed by atoms with van der Waals surface area (Å²) in [7, 11) is 0. The predicted octanol–water partition coefficient (Wildman–Crippen LogP) is 3.82. The van der Waals surface area contributed by atoms with E-state index in [4.69, 9.17) is 0 Å². The van der Waals surface area contributed by atoms with Gasteiger partial charge in [0.05, 0.1) is 0 Å². The van der Waals surface area contributed by atoms with Crippen LogP contribution < -0.4 is 5.32 Å². The van der Waals surface area contributed by atoms with E-state index in [1.165, 1.54) is 63.7 Å². The van der Waals surface area contributed by atoms with Gasteiger partial charge in [0.15, 0.2) is 0 Å². The Balaban J connectivity index is 1.47. The van der Waals surface area contributed by atoms with Crippen molar-refractivity contribution in [3.63, 3.8) is 0 Å². The van der Waals surface area contributed by atoms with Gasteiger partial charge in [-0.2, -0.15) is 0 Å². The molecule has 2 aliphatic rings. The Hall–Kier alpha value is -0.860. The molecule has 2 heteroatoms. The monoisotopic (exact) mass is 286 g/mol. The van der Waals surface area contributed by atoms with E-state index in [1.807, 2.05) is 0 Å². The number of benzene rings is 1. The van der Waals surface area contributed by atoms with Gasteiger partial charge in [-0.25, -0.2) is 0 Å². The maximum absolute atomic E-state index is 3.88. The van der Waals surface area contributed by atoms with Gasteiger partial charge in [-0.1, -0.05) is 50.1 Å². The number of rotatable bonds is 5. The highest BCUT2D eigenvalue weighted by molar-refractivity contribution is 5.14. The first-order chi connectivity index (χ1) is 10.2. The lowest BCUT2D eigenvalue weighted by atomic mass is 9.88. The van der Waals surface area contributed by atoms with E-state index >= 15 is 0 Å². The average molecular weight is 286 g/mol. The summed E-state index contributed by atoms with van der Waals surface area (Å²) < 4.78 is 0. The van der Waals surface area contributed by atoms with E-state index in [2.05, 4.69) is 47.5 Å². The molecule has 1 aliphatic heterocycles. The number of nitrogens with one attached hydrogen (secondary N) is 1. The van der Waals surface area contributed by atoms with Crippen molar-refractivity contribution in [3.05, 3.63) is 35.9 Å². The lowest BCUT2D eigenvalue weighted by Crippen LogP contribution is -2.47. The Kier molecular flexibility index (Phi) is 4.97. The first kappa shape index (κ1) is 15.1. The Bertz CT molecular complexity index is 422. The van der Waals surface area contributed by atoms with Crippen molar-refractivity contribution in [2.24, 2.45) is 5.41 Å². The number of likely N-dealkylation sites (tertiary alicyclic amines) is 1. The van der Waals surface area contributed by atoms with Crippen LogP contribution in [0, 0.1) is 5.41 Å². The zero-order valence-corrected chi connectivity index (χ0v) is 13.5. The number of nitrogens with zero attached hydrogens (tertiary/aromatic N) is 1. The summed E-state index contributed by atoms with van der Waals surface area (Å²) in [5.41, 5.74) is 2.02. The van der Waals surface area contributed by atoms with Crippen LogP contribution in [0.1, 0.15) is 51.0 Å². The van der Waals surface area contributed by atoms with Gasteiger partial charge in [0.1, 0.15) is 0 Å². The second-order valence-corrected chi connectivity index (χ2v) is 7.46. The van der Waals surface area contributed by atoms with Crippen LogP contribution in [0.5, 0.6) is 0 Å². The van der Waals surface area contributed by atoms with Crippen molar-refractivity contribution in [2.75, 3.05) is 19.6 Å². The van der Waals surface area contributed by atoms with Crippen LogP contribution in [0.2, 0.25) is 0 Å². The van der Waals surface area contributed by atoms with Crippen LogP contribution >= 0.6 is 0 Å². The molecule has 116 valence electrons. The fraction of sp³-hybridized carbons (Fsp3) is 0.684. The van der Waals surface area contributed by atoms with E-state index in [0.29, 0.717) is 11.5 Å². The van der Waals surface area contributed by atoms with Crippen LogP contribution in [0.4, 0.5) is 0 Å². The molecular formula is C19H30N2. The molecule has 2 fully saturated rings. The quantitative estimate of drug-likeness (QED) is 0.885. The summed E-state index contributed by atoms with van der Waals surface area (Å²) in [5.74, 6) is 0. The van der Waals surface area contributed by atoms with Crippen LogP contribution in [-0.4, -0.2) is 30.6 Å². The smallest absolute Gasteiger partial charge is 0.0234 e. The van der Waals surface area contributed by atoms with Crippen molar-refractivity contribution in [3.8, 4) is 0 Å². The van der Waals surface area contributed by atoms with Gasteiger partial charge in [-0.3, -0.25) is 4.90 Å². The predicted molar refractivity (Wildman–Crippen MR) is 89.3 cm³/mol. The van der Waals surface area contributed by atoms with Gasteiger partial charge in [-0.15, -0.1) is 0 Å². The van der Waals surface area contributed by atoms with Gasteiger partial charge in [0.25, 0.3) is 0 Å². The zero-order valence-electron chi connectivity index (χ0n) is 13.5. The Morgan fingerprint density at radius 2 is 1.90 bits per heavy atom. The van der Waals surface area contributed by atoms with E-state index in [0.717, 1.165) is 6.54 Å². The minimum atomic E-state index is 0.571. The largest absolute Gasteiger partial charge is 0.312 e. The second-order valence-electron chi connectivity index (χ2n) is 7.46. The maximum atomic E-state index is 3.88. The molecule has 3 rings (SSSR count). The molecule has 0 spiro atoms. The molecule has 1 aromatic rings. The summed E-state index contributed by atoms with van der Waals surface area (Å²) in [4.78, 5) is 2.62. The number of piperidine rings is 1. The molecule has 0 bridgehead atoms. The average Bonchev–Trinajstić information content (AvgIpc) is 2.94.